The number of amides is 1. The van der Waals surface area contributed by atoms with E-state index in [-0.39, 0.29) is 35.6 Å². The predicted molar refractivity (Wildman–Crippen MR) is 87.4 cm³/mol. The molecule has 0 radical (unpaired) electrons. The number of benzene rings is 1. The van der Waals surface area contributed by atoms with Crippen LogP contribution in [0.25, 0.3) is 0 Å². The van der Waals surface area contributed by atoms with E-state index in [0.29, 0.717) is 6.54 Å². The number of nitrogens with zero attached hydrogens (tertiary/aromatic N) is 2. The Kier molecular flexibility index (Phi) is 4.87. The summed E-state index contributed by atoms with van der Waals surface area (Å²) >= 11 is 0. The molecule has 1 amide bonds. The van der Waals surface area contributed by atoms with Crippen molar-refractivity contribution in [2.75, 3.05) is 13.7 Å². The molecule has 8 nitrogen and oxygen atoms in total. The molecule has 3 rings (SSSR count). The minimum atomic E-state index is -0.572. The summed E-state index contributed by atoms with van der Waals surface area (Å²) < 4.78 is 10.4. The summed E-state index contributed by atoms with van der Waals surface area (Å²) in [5.74, 6) is -0.922. The highest BCUT2D eigenvalue weighted by Gasteiger charge is 2.39. The van der Waals surface area contributed by atoms with Crippen LogP contribution in [0.4, 0.5) is 5.69 Å². The number of nitro benzene ring substituents is 1. The number of nitro groups is 1. The molecule has 1 aromatic rings. The lowest BCUT2D eigenvalue weighted by atomic mass is 10.1. The number of methoxy groups -OCH3 is 1. The molecule has 1 unspecified atom stereocenters. The van der Waals surface area contributed by atoms with E-state index in [9.17, 15) is 19.7 Å². The van der Waals surface area contributed by atoms with Gasteiger partial charge in [-0.25, -0.2) is 0 Å². The van der Waals surface area contributed by atoms with Crippen molar-refractivity contribution in [1.82, 2.24) is 4.90 Å². The van der Waals surface area contributed by atoms with Gasteiger partial charge in [0.1, 0.15) is 0 Å². The van der Waals surface area contributed by atoms with Crippen molar-refractivity contribution in [3.63, 3.8) is 0 Å². The second-order valence-electron chi connectivity index (χ2n) is 6.40. The van der Waals surface area contributed by atoms with E-state index in [1.807, 2.05) is 0 Å². The molecule has 25 heavy (non-hydrogen) atoms. The molecule has 8 heteroatoms. The van der Waals surface area contributed by atoms with Gasteiger partial charge in [0, 0.05) is 25.1 Å². The fraction of sp³-hybridized carbons (Fsp3) is 0.529. The number of ether oxygens (including phenoxy) is 2. The number of esters is 1. The molecule has 1 aliphatic carbocycles. The molecule has 1 heterocycles. The van der Waals surface area contributed by atoms with Gasteiger partial charge in [-0.15, -0.1) is 0 Å². The van der Waals surface area contributed by atoms with Crippen LogP contribution in [-0.2, 0) is 9.59 Å². The van der Waals surface area contributed by atoms with Gasteiger partial charge in [-0.2, -0.15) is 0 Å². The average Bonchev–Trinajstić information content (AvgIpc) is 3.23. The normalized spacial score (nSPS) is 20.8. The van der Waals surface area contributed by atoms with Crippen molar-refractivity contribution in [2.45, 2.75) is 38.1 Å². The van der Waals surface area contributed by atoms with E-state index in [0.717, 1.165) is 31.7 Å². The molecule has 1 saturated carbocycles. The third kappa shape index (κ3) is 3.57. The van der Waals surface area contributed by atoms with Crippen molar-refractivity contribution in [1.29, 1.82) is 0 Å². The number of carbonyl (C=O) groups is 2. The number of rotatable bonds is 5. The van der Waals surface area contributed by atoms with Crippen molar-refractivity contribution in [3.8, 4) is 11.5 Å². The van der Waals surface area contributed by atoms with E-state index in [1.54, 1.807) is 4.90 Å². The van der Waals surface area contributed by atoms with E-state index in [4.69, 9.17) is 9.47 Å². The smallest absolute Gasteiger partial charge is 0.316 e. The molecule has 2 aliphatic rings. The molecule has 0 spiro atoms. The van der Waals surface area contributed by atoms with E-state index in [1.165, 1.54) is 19.2 Å². The van der Waals surface area contributed by atoms with Gasteiger partial charge in [0.25, 0.3) is 5.69 Å². The van der Waals surface area contributed by atoms with E-state index < -0.39 is 16.8 Å². The Bertz CT molecular complexity index is 698. The summed E-state index contributed by atoms with van der Waals surface area (Å²) in [7, 11) is 1.39. The number of hydrogen-bond donors (Lipinski definition) is 0. The highest BCUT2D eigenvalue weighted by molar-refractivity contribution is 5.88. The first-order valence-corrected chi connectivity index (χ1v) is 8.33. The number of hydrogen-bond acceptors (Lipinski definition) is 6. The molecule has 1 saturated heterocycles. The Hall–Kier alpha value is -2.64. The van der Waals surface area contributed by atoms with Crippen LogP contribution in [0.5, 0.6) is 11.5 Å². The highest BCUT2D eigenvalue weighted by Crippen LogP contribution is 2.34. The summed E-state index contributed by atoms with van der Waals surface area (Å²) in [4.78, 5) is 36.8. The minimum absolute atomic E-state index is 0.00605. The largest absolute Gasteiger partial charge is 0.493 e. The lowest BCUT2D eigenvalue weighted by molar-refractivity contribution is -0.384. The van der Waals surface area contributed by atoms with Gasteiger partial charge in [0.2, 0.25) is 5.91 Å². The molecule has 0 aromatic heterocycles. The molecular formula is C17H20N2O6. The summed E-state index contributed by atoms with van der Waals surface area (Å²) in [6, 6.07) is 4.03. The molecule has 1 aromatic carbocycles. The van der Waals surface area contributed by atoms with Gasteiger partial charge in [0.15, 0.2) is 11.5 Å². The number of likely N-dealkylation sites (tertiary alicyclic amines) is 1. The Balaban J connectivity index is 1.71. The molecule has 1 atom stereocenters. The fourth-order valence-electron chi connectivity index (χ4n) is 3.51. The average molecular weight is 348 g/mol. The van der Waals surface area contributed by atoms with Crippen LogP contribution in [0.15, 0.2) is 18.2 Å². The summed E-state index contributed by atoms with van der Waals surface area (Å²) in [5, 5.41) is 10.9. The van der Waals surface area contributed by atoms with Gasteiger partial charge in [-0.1, -0.05) is 12.8 Å². The molecule has 0 bridgehead atoms. The van der Waals surface area contributed by atoms with E-state index >= 15 is 0 Å². The SMILES string of the molecule is COc1ccc([N+](=O)[O-])cc1OC(=O)C1CC(=O)N(C2CCCC2)C1. The maximum atomic E-state index is 12.4. The zero-order chi connectivity index (χ0) is 18.0. The van der Waals surface area contributed by atoms with Gasteiger partial charge in [-0.3, -0.25) is 19.7 Å². The lowest BCUT2D eigenvalue weighted by Crippen LogP contribution is -2.35. The Morgan fingerprint density at radius 1 is 1.28 bits per heavy atom. The van der Waals surface area contributed by atoms with Crippen LogP contribution < -0.4 is 9.47 Å². The van der Waals surface area contributed by atoms with Crippen LogP contribution in [0.1, 0.15) is 32.1 Å². The maximum Gasteiger partial charge on any atom is 0.316 e. The van der Waals surface area contributed by atoms with Gasteiger partial charge < -0.3 is 14.4 Å². The van der Waals surface area contributed by atoms with Crippen LogP contribution in [0, 0.1) is 16.0 Å². The first kappa shape index (κ1) is 17.2. The molecule has 2 fully saturated rings. The molecule has 134 valence electrons. The Morgan fingerprint density at radius 3 is 2.64 bits per heavy atom. The summed E-state index contributed by atoms with van der Waals surface area (Å²) in [6.45, 7) is 0.347. The standard InChI is InChI=1S/C17H20N2O6/c1-24-14-7-6-13(19(22)23)9-15(14)25-17(21)11-8-16(20)18(10-11)12-4-2-3-5-12/h6-7,9,11-12H,2-5,8,10H2,1H3. The predicted octanol–water partition coefficient (Wildman–Crippen LogP) is 2.30. The minimum Gasteiger partial charge on any atom is -0.493 e. The van der Waals surface area contributed by atoms with Crippen molar-refractivity contribution in [2.24, 2.45) is 5.92 Å². The summed E-state index contributed by atoms with van der Waals surface area (Å²) in [5.41, 5.74) is -0.196. The number of non-ortho nitro benzene ring substituents is 1. The quantitative estimate of drug-likeness (QED) is 0.350. The van der Waals surface area contributed by atoms with Crippen LogP contribution in [-0.4, -0.2) is 41.4 Å². The van der Waals surface area contributed by atoms with Gasteiger partial charge >= 0.3 is 5.97 Å². The Morgan fingerprint density at radius 2 is 2.00 bits per heavy atom. The van der Waals surface area contributed by atoms with Crippen LogP contribution in [0.2, 0.25) is 0 Å². The van der Waals surface area contributed by atoms with Crippen molar-refractivity contribution < 1.29 is 24.0 Å². The second-order valence-corrected chi connectivity index (χ2v) is 6.40. The summed E-state index contributed by atoms with van der Waals surface area (Å²) in [6.07, 6.45) is 4.29. The molecule has 1 aliphatic heterocycles. The van der Waals surface area contributed by atoms with Crippen LogP contribution in [0.3, 0.4) is 0 Å². The number of carbonyl (C=O) groups excluding carboxylic acids is 2. The van der Waals surface area contributed by atoms with Gasteiger partial charge in [0.05, 0.1) is 24.0 Å². The second kappa shape index (κ2) is 7.08. The molecule has 0 N–H and O–H groups in total. The van der Waals surface area contributed by atoms with Crippen molar-refractivity contribution in [3.05, 3.63) is 28.3 Å². The topological polar surface area (TPSA) is 99.0 Å². The first-order chi connectivity index (χ1) is 12.0. The third-order valence-electron chi connectivity index (χ3n) is 4.83. The molecular weight excluding hydrogens is 328 g/mol. The maximum absolute atomic E-state index is 12.4. The zero-order valence-corrected chi connectivity index (χ0v) is 14.0. The Labute approximate surface area is 144 Å². The van der Waals surface area contributed by atoms with Crippen molar-refractivity contribution >= 4 is 17.6 Å². The monoisotopic (exact) mass is 348 g/mol. The van der Waals surface area contributed by atoms with Gasteiger partial charge in [-0.05, 0) is 18.9 Å². The first-order valence-electron chi connectivity index (χ1n) is 8.33. The third-order valence-corrected chi connectivity index (χ3v) is 4.83. The fourth-order valence-corrected chi connectivity index (χ4v) is 3.51. The lowest BCUT2D eigenvalue weighted by Gasteiger charge is -2.23. The zero-order valence-electron chi connectivity index (χ0n) is 14.0. The van der Waals surface area contributed by atoms with Crippen LogP contribution >= 0.6 is 0 Å². The highest BCUT2D eigenvalue weighted by atomic mass is 16.6. The van der Waals surface area contributed by atoms with E-state index in [2.05, 4.69) is 0 Å².